The zero-order valence-corrected chi connectivity index (χ0v) is 12.2. The summed E-state index contributed by atoms with van der Waals surface area (Å²) in [6.45, 7) is 4.17. The molecule has 2 aromatic rings. The first-order chi connectivity index (χ1) is 9.02. The van der Waals surface area contributed by atoms with Crippen molar-refractivity contribution >= 4 is 11.6 Å². The normalized spacial score (nSPS) is 12.3. The second kappa shape index (κ2) is 5.64. The number of hydrogen-bond acceptors (Lipinski definition) is 2. The Labute approximate surface area is 119 Å². The average molecular weight is 276 g/mol. The van der Waals surface area contributed by atoms with Gasteiger partial charge < -0.3 is 10.5 Å². The lowest BCUT2D eigenvalue weighted by molar-refractivity contribution is 0.414. The first-order valence-corrected chi connectivity index (χ1v) is 6.57. The van der Waals surface area contributed by atoms with E-state index in [0.29, 0.717) is 5.02 Å². The number of hydrogen-bond donors (Lipinski definition) is 1. The minimum absolute atomic E-state index is 0.224. The van der Waals surface area contributed by atoms with Gasteiger partial charge >= 0.3 is 0 Å². The molecule has 0 bridgehead atoms. The lowest BCUT2D eigenvalue weighted by Gasteiger charge is -2.16. The number of aryl methyl sites for hydroxylation is 2. The Morgan fingerprint density at radius 1 is 1.05 bits per heavy atom. The lowest BCUT2D eigenvalue weighted by atomic mass is 9.96. The summed E-state index contributed by atoms with van der Waals surface area (Å²) >= 11 is 6.26. The van der Waals surface area contributed by atoms with Crippen LogP contribution in [0.15, 0.2) is 36.4 Å². The Bertz CT molecular complexity index is 595. The van der Waals surface area contributed by atoms with Crippen LogP contribution in [0.25, 0.3) is 0 Å². The van der Waals surface area contributed by atoms with Crippen LogP contribution in [0.5, 0.6) is 5.75 Å². The fraction of sp³-hybridized carbons (Fsp3) is 0.250. The molecule has 1 atom stereocenters. The van der Waals surface area contributed by atoms with Gasteiger partial charge in [-0.3, -0.25) is 0 Å². The highest BCUT2D eigenvalue weighted by atomic mass is 35.5. The molecular weight excluding hydrogens is 258 g/mol. The molecule has 2 rings (SSSR count). The minimum atomic E-state index is -0.224. The highest BCUT2D eigenvalue weighted by molar-refractivity contribution is 6.31. The summed E-state index contributed by atoms with van der Waals surface area (Å²) in [7, 11) is 1.62. The number of rotatable bonds is 3. The minimum Gasteiger partial charge on any atom is -0.497 e. The van der Waals surface area contributed by atoms with Gasteiger partial charge in [0.15, 0.2) is 0 Å². The van der Waals surface area contributed by atoms with Crippen LogP contribution in [0.2, 0.25) is 5.02 Å². The van der Waals surface area contributed by atoms with E-state index in [-0.39, 0.29) is 6.04 Å². The molecule has 2 N–H and O–H groups in total. The van der Waals surface area contributed by atoms with Crippen LogP contribution in [0, 0.1) is 13.8 Å². The predicted octanol–water partition coefficient (Wildman–Crippen LogP) is 4.01. The molecule has 0 aromatic heterocycles. The molecule has 3 heteroatoms. The molecule has 0 spiro atoms. The van der Waals surface area contributed by atoms with Crippen LogP contribution in [0.4, 0.5) is 0 Å². The summed E-state index contributed by atoms with van der Waals surface area (Å²) in [4.78, 5) is 0. The highest BCUT2D eigenvalue weighted by Crippen LogP contribution is 2.30. The molecule has 0 aliphatic heterocycles. The Hall–Kier alpha value is -1.51. The zero-order chi connectivity index (χ0) is 14.0. The molecular formula is C16H18ClNO. The number of benzene rings is 2. The Morgan fingerprint density at radius 2 is 1.79 bits per heavy atom. The third-order valence-corrected chi connectivity index (χ3v) is 3.76. The molecule has 0 fully saturated rings. The maximum Gasteiger partial charge on any atom is 0.120 e. The Balaban J connectivity index is 2.38. The van der Waals surface area contributed by atoms with Crippen molar-refractivity contribution < 1.29 is 4.74 Å². The molecule has 0 radical (unpaired) electrons. The van der Waals surface area contributed by atoms with Crippen LogP contribution >= 0.6 is 11.6 Å². The fourth-order valence-electron chi connectivity index (χ4n) is 2.02. The smallest absolute Gasteiger partial charge is 0.120 e. The lowest BCUT2D eigenvalue weighted by Crippen LogP contribution is -2.12. The number of halogens is 1. The van der Waals surface area contributed by atoms with E-state index < -0.39 is 0 Å². The monoisotopic (exact) mass is 275 g/mol. The maximum absolute atomic E-state index is 6.30. The van der Waals surface area contributed by atoms with Gasteiger partial charge in [-0.15, -0.1) is 0 Å². The van der Waals surface area contributed by atoms with E-state index in [1.807, 2.05) is 18.2 Å². The summed E-state index contributed by atoms with van der Waals surface area (Å²) in [5.41, 5.74) is 10.8. The summed E-state index contributed by atoms with van der Waals surface area (Å²) < 4.78 is 5.15. The van der Waals surface area contributed by atoms with E-state index in [0.717, 1.165) is 16.9 Å². The van der Waals surface area contributed by atoms with Crippen molar-refractivity contribution in [2.75, 3.05) is 7.11 Å². The third kappa shape index (κ3) is 2.91. The molecule has 19 heavy (non-hydrogen) atoms. The number of ether oxygens (including phenoxy) is 1. The van der Waals surface area contributed by atoms with Crippen molar-refractivity contribution in [1.82, 2.24) is 0 Å². The van der Waals surface area contributed by atoms with Crippen molar-refractivity contribution in [3.8, 4) is 5.75 Å². The van der Waals surface area contributed by atoms with Gasteiger partial charge in [0, 0.05) is 5.02 Å². The molecule has 100 valence electrons. The van der Waals surface area contributed by atoms with E-state index in [1.54, 1.807) is 13.2 Å². The van der Waals surface area contributed by atoms with E-state index in [9.17, 15) is 0 Å². The van der Waals surface area contributed by atoms with Crippen LogP contribution in [-0.2, 0) is 0 Å². The van der Waals surface area contributed by atoms with E-state index in [4.69, 9.17) is 22.1 Å². The van der Waals surface area contributed by atoms with Gasteiger partial charge in [0.1, 0.15) is 5.75 Å². The molecule has 2 aromatic carbocycles. The van der Waals surface area contributed by atoms with Gasteiger partial charge in [-0.25, -0.2) is 0 Å². The third-order valence-electron chi connectivity index (χ3n) is 3.43. The Kier molecular flexibility index (Phi) is 4.13. The van der Waals surface area contributed by atoms with Gasteiger partial charge in [0.25, 0.3) is 0 Å². The first kappa shape index (κ1) is 13.9. The number of nitrogens with two attached hydrogens (primary N) is 1. The maximum atomic E-state index is 6.30. The van der Waals surface area contributed by atoms with Crippen LogP contribution in [-0.4, -0.2) is 7.11 Å². The van der Waals surface area contributed by atoms with Gasteiger partial charge in [0.05, 0.1) is 13.2 Å². The number of methoxy groups -OCH3 is 1. The molecule has 0 aliphatic rings. The first-order valence-electron chi connectivity index (χ1n) is 6.19. The van der Waals surface area contributed by atoms with Gasteiger partial charge in [-0.1, -0.05) is 35.9 Å². The van der Waals surface area contributed by atoms with Gasteiger partial charge in [-0.2, -0.15) is 0 Å². The molecule has 1 unspecified atom stereocenters. The second-order valence-corrected chi connectivity index (χ2v) is 5.12. The standard InChI is InChI=1S/C16H18ClNO/c1-10-4-5-12(8-11(10)2)16(18)14-7-6-13(19-3)9-15(14)17/h4-9,16H,18H2,1-3H3. The van der Waals surface area contributed by atoms with E-state index >= 15 is 0 Å². The summed E-state index contributed by atoms with van der Waals surface area (Å²) in [6.07, 6.45) is 0. The highest BCUT2D eigenvalue weighted by Gasteiger charge is 2.13. The van der Waals surface area contributed by atoms with Gasteiger partial charge in [0.2, 0.25) is 0 Å². The zero-order valence-electron chi connectivity index (χ0n) is 11.4. The summed E-state index contributed by atoms with van der Waals surface area (Å²) in [5.74, 6) is 0.737. The second-order valence-electron chi connectivity index (χ2n) is 4.71. The topological polar surface area (TPSA) is 35.2 Å². The molecule has 0 heterocycles. The van der Waals surface area contributed by atoms with Crippen LogP contribution < -0.4 is 10.5 Å². The van der Waals surface area contributed by atoms with E-state index in [2.05, 4.69) is 26.0 Å². The van der Waals surface area contributed by atoms with Crippen LogP contribution in [0.3, 0.4) is 0 Å². The average Bonchev–Trinajstić information content (AvgIpc) is 2.41. The van der Waals surface area contributed by atoms with Crippen molar-refractivity contribution in [3.63, 3.8) is 0 Å². The molecule has 0 amide bonds. The summed E-state index contributed by atoms with van der Waals surface area (Å²) in [5, 5.41) is 0.630. The largest absolute Gasteiger partial charge is 0.497 e. The predicted molar refractivity (Wildman–Crippen MR) is 80.0 cm³/mol. The SMILES string of the molecule is COc1ccc(C(N)c2ccc(C)c(C)c2)c(Cl)c1. The van der Waals surface area contributed by atoms with Crippen molar-refractivity contribution in [1.29, 1.82) is 0 Å². The summed E-state index contributed by atoms with van der Waals surface area (Å²) in [6, 6.07) is 11.6. The van der Waals surface area contributed by atoms with Crippen LogP contribution in [0.1, 0.15) is 28.3 Å². The van der Waals surface area contributed by atoms with Gasteiger partial charge in [-0.05, 0) is 48.2 Å². The van der Waals surface area contributed by atoms with Crippen molar-refractivity contribution in [3.05, 3.63) is 63.7 Å². The fourth-order valence-corrected chi connectivity index (χ4v) is 2.31. The van der Waals surface area contributed by atoms with E-state index in [1.165, 1.54) is 11.1 Å². The molecule has 0 saturated carbocycles. The molecule has 0 saturated heterocycles. The Morgan fingerprint density at radius 3 is 2.37 bits per heavy atom. The molecule has 2 nitrogen and oxygen atoms in total. The molecule has 0 aliphatic carbocycles. The van der Waals surface area contributed by atoms with Crippen molar-refractivity contribution in [2.24, 2.45) is 5.73 Å². The van der Waals surface area contributed by atoms with Crippen molar-refractivity contribution in [2.45, 2.75) is 19.9 Å². The quantitative estimate of drug-likeness (QED) is 0.918.